The molecule has 0 bridgehead atoms. The molecule has 1 atom stereocenters. The first-order chi connectivity index (χ1) is 19.0. The molecule has 3 rings (SSSR count). The highest BCUT2D eigenvalue weighted by molar-refractivity contribution is 7.92. The van der Waals surface area contributed by atoms with Gasteiger partial charge in [0.25, 0.3) is 0 Å². The summed E-state index contributed by atoms with van der Waals surface area (Å²) in [5.41, 5.74) is 3.50. The number of nitrogens with one attached hydrogen (secondary N) is 1. The number of sulfonamides is 1. The molecule has 0 saturated carbocycles. The lowest BCUT2D eigenvalue weighted by molar-refractivity contribution is -0.140. The van der Waals surface area contributed by atoms with Gasteiger partial charge in [0.1, 0.15) is 18.4 Å². The van der Waals surface area contributed by atoms with Crippen molar-refractivity contribution in [2.45, 2.75) is 52.6 Å². The first-order valence-electron chi connectivity index (χ1n) is 13.4. The third kappa shape index (κ3) is 8.39. The Morgan fingerprint density at radius 1 is 0.925 bits per heavy atom. The summed E-state index contributed by atoms with van der Waals surface area (Å²) in [6.07, 6.45) is 2.96. The van der Waals surface area contributed by atoms with Crippen molar-refractivity contribution in [3.05, 3.63) is 101 Å². The van der Waals surface area contributed by atoms with E-state index in [1.54, 1.807) is 24.3 Å². The number of hydrogen-bond acceptors (Lipinski definition) is 4. The van der Waals surface area contributed by atoms with Crippen LogP contribution in [0.3, 0.4) is 0 Å². The second-order valence-electron chi connectivity index (χ2n) is 9.99. The summed E-state index contributed by atoms with van der Waals surface area (Å²) in [7, 11) is -3.85. The predicted octanol–water partition coefficient (Wildman–Crippen LogP) is 4.76. The van der Waals surface area contributed by atoms with E-state index >= 15 is 0 Å². The van der Waals surface area contributed by atoms with Crippen molar-refractivity contribution in [2.24, 2.45) is 0 Å². The average molecular weight is 568 g/mol. The second kappa shape index (κ2) is 14.1. The molecular weight excluding hydrogens is 529 g/mol. The van der Waals surface area contributed by atoms with Gasteiger partial charge in [-0.15, -0.1) is 0 Å². The number of amides is 2. The number of benzene rings is 3. The lowest BCUT2D eigenvalue weighted by atomic mass is 10.0. The van der Waals surface area contributed by atoms with E-state index < -0.39 is 34.3 Å². The third-order valence-corrected chi connectivity index (χ3v) is 8.02. The average Bonchev–Trinajstić information content (AvgIpc) is 2.92. The molecule has 0 aliphatic carbocycles. The summed E-state index contributed by atoms with van der Waals surface area (Å²) >= 11 is 0. The number of carbonyl (C=O) groups is 2. The van der Waals surface area contributed by atoms with Crippen molar-refractivity contribution < 1.29 is 22.4 Å². The fourth-order valence-corrected chi connectivity index (χ4v) is 5.35. The predicted molar refractivity (Wildman–Crippen MR) is 157 cm³/mol. The monoisotopic (exact) mass is 567 g/mol. The van der Waals surface area contributed by atoms with Crippen LogP contribution >= 0.6 is 0 Å². The van der Waals surface area contributed by atoms with E-state index in [2.05, 4.69) is 5.32 Å². The molecule has 2 amide bonds. The Kier molecular flexibility index (Phi) is 10.8. The molecule has 0 fully saturated rings. The highest BCUT2D eigenvalue weighted by Gasteiger charge is 2.33. The van der Waals surface area contributed by atoms with Gasteiger partial charge in [-0.05, 0) is 60.7 Å². The minimum Gasteiger partial charge on any atom is -0.354 e. The lowest BCUT2D eigenvalue weighted by Gasteiger charge is -2.34. The van der Waals surface area contributed by atoms with E-state index in [1.165, 1.54) is 17.0 Å². The zero-order chi connectivity index (χ0) is 29.3. The summed E-state index contributed by atoms with van der Waals surface area (Å²) < 4.78 is 40.7. The maximum Gasteiger partial charge on any atom is 0.244 e. The number of rotatable bonds is 13. The lowest BCUT2D eigenvalue weighted by Crippen LogP contribution is -2.53. The van der Waals surface area contributed by atoms with Gasteiger partial charge >= 0.3 is 0 Å². The number of unbranched alkanes of at least 4 members (excludes halogenated alkanes) is 1. The molecule has 7 nitrogen and oxygen atoms in total. The van der Waals surface area contributed by atoms with Gasteiger partial charge in [0, 0.05) is 19.5 Å². The number of hydrogen-bond donors (Lipinski definition) is 1. The van der Waals surface area contributed by atoms with Gasteiger partial charge in [-0.3, -0.25) is 13.9 Å². The van der Waals surface area contributed by atoms with Crippen LogP contribution in [0.15, 0.2) is 72.8 Å². The molecule has 3 aromatic carbocycles. The zero-order valence-corrected chi connectivity index (χ0v) is 24.4. The Morgan fingerprint density at radius 3 is 2.23 bits per heavy atom. The van der Waals surface area contributed by atoms with Crippen molar-refractivity contribution in [3.63, 3.8) is 0 Å². The zero-order valence-electron chi connectivity index (χ0n) is 23.6. The number of carbonyl (C=O) groups excluding carboxylic acids is 2. The Morgan fingerprint density at radius 2 is 1.60 bits per heavy atom. The number of halogens is 1. The molecule has 1 N–H and O–H groups in total. The molecule has 40 heavy (non-hydrogen) atoms. The number of aryl methyl sites for hydroxylation is 1. The van der Waals surface area contributed by atoms with E-state index in [4.69, 9.17) is 0 Å². The van der Waals surface area contributed by atoms with Crippen LogP contribution < -0.4 is 9.62 Å². The third-order valence-electron chi connectivity index (χ3n) is 6.89. The molecule has 214 valence electrons. The molecule has 3 aromatic rings. The summed E-state index contributed by atoms with van der Waals surface area (Å²) in [5.74, 6) is -1.29. The highest BCUT2D eigenvalue weighted by Crippen LogP contribution is 2.26. The molecular formula is C31H38FN3O4S. The highest BCUT2D eigenvalue weighted by atomic mass is 32.2. The van der Waals surface area contributed by atoms with Crippen LogP contribution in [0.4, 0.5) is 10.1 Å². The Balaban J connectivity index is 2.05. The van der Waals surface area contributed by atoms with Gasteiger partial charge in [-0.25, -0.2) is 12.8 Å². The van der Waals surface area contributed by atoms with Crippen LogP contribution in [-0.4, -0.2) is 50.5 Å². The van der Waals surface area contributed by atoms with Crippen LogP contribution in [-0.2, 0) is 32.6 Å². The fraction of sp³-hybridized carbons (Fsp3) is 0.355. The van der Waals surface area contributed by atoms with Gasteiger partial charge in [0.05, 0.1) is 11.9 Å². The molecule has 0 aliphatic heterocycles. The van der Waals surface area contributed by atoms with Gasteiger partial charge < -0.3 is 10.2 Å². The minimum atomic E-state index is -3.85. The first kappa shape index (κ1) is 30.8. The SMILES string of the molecule is CCCCNC(=O)[C@H](Cc1ccccc1)N(Cc1ccc(F)cc1)C(=O)CN(c1cccc(C)c1C)S(C)(=O)=O. The topological polar surface area (TPSA) is 86.8 Å². The Bertz CT molecular complexity index is 1400. The van der Waals surface area contributed by atoms with E-state index in [0.717, 1.165) is 40.1 Å². The van der Waals surface area contributed by atoms with E-state index in [0.29, 0.717) is 17.8 Å². The molecule has 0 radical (unpaired) electrons. The molecule has 0 heterocycles. The van der Waals surface area contributed by atoms with Crippen LogP contribution in [0.1, 0.15) is 42.0 Å². The smallest absolute Gasteiger partial charge is 0.244 e. The summed E-state index contributed by atoms with van der Waals surface area (Å²) in [4.78, 5) is 29.0. The van der Waals surface area contributed by atoms with Crippen LogP contribution in [0.25, 0.3) is 0 Å². The maximum atomic E-state index is 14.1. The Hall–Kier alpha value is -3.72. The first-order valence-corrected chi connectivity index (χ1v) is 15.3. The summed E-state index contributed by atoms with van der Waals surface area (Å²) in [6.45, 7) is 5.67. The molecule has 9 heteroatoms. The largest absolute Gasteiger partial charge is 0.354 e. The summed E-state index contributed by atoms with van der Waals surface area (Å²) in [5, 5.41) is 2.94. The fourth-order valence-electron chi connectivity index (χ4n) is 4.45. The van der Waals surface area contributed by atoms with Crippen LogP contribution in [0.5, 0.6) is 0 Å². The second-order valence-corrected chi connectivity index (χ2v) is 11.9. The van der Waals surface area contributed by atoms with Crippen LogP contribution in [0.2, 0.25) is 0 Å². The number of nitrogens with zero attached hydrogens (tertiary/aromatic N) is 2. The molecule has 0 saturated heterocycles. The van der Waals surface area contributed by atoms with Gasteiger partial charge in [0.2, 0.25) is 21.8 Å². The van der Waals surface area contributed by atoms with Crippen molar-refractivity contribution in [2.75, 3.05) is 23.7 Å². The number of anilines is 1. The quantitative estimate of drug-likeness (QED) is 0.302. The van der Waals surface area contributed by atoms with Crippen molar-refractivity contribution in [1.82, 2.24) is 10.2 Å². The van der Waals surface area contributed by atoms with Gasteiger partial charge in [-0.2, -0.15) is 0 Å². The van der Waals surface area contributed by atoms with E-state index in [9.17, 15) is 22.4 Å². The molecule has 0 unspecified atom stereocenters. The maximum absolute atomic E-state index is 14.1. The Labute approximate surface area is 237 Å². The van der Waals surface area contributed by atoms with Crippen molar-refractivity contribution in [3.8, 4) is 0 Å². The van der Waals surface area contributed by atoms with Crippen LogP contribution in [0, 0.1) is 19.7 Å². The van der Waals surface area contributed by atoms with E-state index in [1.807, 2.05) is 57.2 Å². The van der Waals surface area contributed by atoms with Gasteiger partial charge in [0.15, 0.2) is 0 Å². The normalized spacial score (nSPS) is 12.0. The van der Waals surface area contributed by atoms with Gasteiger partial charge in [-0.1, -0.05) is 67.9 Å². The van der Waals surface area contributed by atoms with E-state index in [-0.39, 0.29) is 18.9 Å². The molecule has 0 aliphatic rings. The summed E-state index contributed by atoms with van der Waals surface area (Å²) in [6, 6.07) is 19.4. The standard InChI is InChI=1S/C31H38FN3O4S/c1-5-6-19-33-31(37)29(20-25-12-8-7-9-13-25)34(21-26-15-17-27(32)18-16-26)30(36)22-35(40(4,38)39)28-14-10-11-23(2)24(28)3/h7-18,29H,5-6,19-22H2,1-4H3,(H,33,37)/t29-/m0/s1. The minimum absolute atomic E-state index is 0.00220. The van der Waals surface area contributed by atoms with Crippen molar-refractivity contribution >= 4 is 27.5 Å². The molecule has 0 aromatic heterocycles. The molecule has 0 spiro atoms. The van der Waals surface area contributed by atoms with Crippen molar-refractivity contribution in [1.29, 1.82) is 0 Å².